The second-order valence-electron chi connectivity index (χ2n) is 4.10. The molecule has 0 aliphatic rings. The highest BCUT2D eigenvalue weighted by Crippen LogP contribution is 2.34. The molecule has 0 bridgehead atoms. The van der Waals surface area contributed by atoms with Gasteiger partial charge in [0, 0.05) is 39.3 Å². The third-order valence-electron chi connectivity index (χ3n) is 2.93. The lowest BCUT2D eigenvalue weighted by molar-refractivity contribution is 1.13. The maximum absolute atomic E-state index is 5.90. The third-order valence-corrected chi connectivity index (χ3v) is 4.20. The van der Waals surface area contributed by atoms with Crippen molar-refractivity contribution in [2.45, 2.75) is 12.8 Å². The second-order valence-corrected chi connectivity index (χ2v) is 5.28. The first-order chi connectivity index (χ1) is 8.79. The first kappa shape index (κ1) is 11.6. The van der Waals surface area contributed by atoms with Gasteiger partial charge in [-0.2, -0.15) is 0 Å². The van der Waals surface area contributed by atoms with Gasteiger partial charge in [-0.25, -0.2) is 0 Å². The van der Waals surface area contributed by atoms with Gasteiger partial charge in [-0.3, -0.25) is 9.97 Å². The van der Waals surface area contributed by atoms with E-state index in [0.717, 1.165) is 22.5 Å². The maximum Gasteiger partial charge on any atom is 0.0928 e. The molecule has 0 spiro atoms. The molecule has 0 radical (unpaired) electrons. The van der Waals surface area contributed by atoms with E-state index in [0.29, 0.717) is 5.88 Å². The molecule has 0 unspecified atom stereocenters. The SMILES string of the molecule is Cc1nccnc1-c1csc2ccc(CCl)cc12. The minimum atomic E-state index is 0.532. The van der Waals surface area contributed by atoms with Gasteiger partial charge in [0.2, 0.25) is 0 Å². The molecule has 4 heteroatoms. The number of hydrogen-bond acceptors (Lipinski definition) is 3. The van der Waals surface area contributed by atoms with Crippen LogP contribution in [0.4, 0.5) is 0 Å². The van der Waals surface area contributed by atoms with E-state index < -0.39 is 0 Å². The van der Waals surface area contributed by atoms with Crippen molar-refractivity contribution < 1.29 is 0 Å². The summed E-state index contributed by atoms with van der Waals surface area (Å²) in [6.07, 6.45) is 3.45. The van der Waals surface area contributed by atoms with E-state index >= 15 is 0 Å². The van der Waals surface area contributed by atoms with Gasteiger partial charge in [0.1, 0.15) is 0 Å². The highest BCUT2D eigenvalue weighted by atomic mass is 35.5. The topological polar surface area (TPSA) is 25.8 Å². The summed E-state index contributed by atoms with van der Waals surface area (Å²) in [5, 5.41) is 3.35. The zero-order chi connectivity index (χ0) is 12.5. The van der Waals surface area contributed by atoms with Crippen molar-refractivity contribution in [2.75, 3.05) is 0 Å². The molecule has 2 nitrogen and oxygen atoms in total. The molecule has 0 N–H and O–H groups in total. The molecular formula is C14H11ClN2S. The van der Waals surface area contributed by atoms with Crippen molar-refractivity contribution in [1.29, 1.82) is 0 Å². The lowest BCUT2D eigenvalue weighted by Crippen LogP contribution is -1.89. The Bertz CT molecular complexity index is 706. The van der Waals surface area contributed by atoms with E-state index in [9.17, 15) is 0 Å². The fraction of sp³-hybridized carbons (Fsp3) is 0.143. The predicted octanol–water partition coefficient (Wildman–Crippen LogP) is 4.41. The lowest BCUT2D eigenvalue weighted by atomic mass is 10.1. The van der Waals surface area contributed by atoms with Crippen LogP contribution in [0, 0.1) is 6.92 Å². The molecule has 18 heavy (non-hydrogen) atoms. The molecule has 3 aromatic rings. The van der Waals surface area contributed by atoms with Gasteiger partial charge in [-0.05, 0) is 24.6 Å². The first-order valence-electron chi connectivity index (χ1n) is 5.63. The first-order valence-corrected chi connectivity index (χ1v) is 7.05. The van der Waals surface area contributed by atoms with Gasteiger partial charge in [-0.1, -0.05) is 6.07 Å². The molecule has 0 atom stereocenters. The normalized spacial score (nSPS) is 11.0. The second kappa shape index (κ2) is 4.67. The summed E-state index contributed by atoms with van der Waals surface area (Å²) in [7, 11) is 0. The van der Waals surface area contributed by atoms with Crippen LogP contribution in [0.5, 0.6) is 0 Å². The fourth-order valence-electron chi connectivity index (χ4n) is 2.01. The number of halogens is 1. The van der Waals surface area contributed by atoms with E-state index in [2.05, 4.69) is 33.5 Å². The van der Waals surface area contributed by atoms with Crippen molar-refractivity contribution in [3.05, 3.63) is 47.2 Å². The molecule has 0 amide bonds. The Balaban J connectivity index is 2.26. The molecule has 0 saturated carbocycles. The van der Waals surface area contributed by atoms with Crippen LogP contribution in [-0.2, 0) is 5.88 Å². The molecule has 0 aliphatic heterocycles. The number of hydrogen-bond donors (Lipinski definition) is 0. The summed E-state index contributed by atoms with van der Waals surface area (Å²) >= 11 is 7.63. The Morgan fingerprint density at radius 3 is 2.83 bits per heavy atom. The number of alkyl halides is 1. The molecule has 0 aliphatic carbocycles. The molecule has 0 saturated heterocycles. The Labute approximate surface area is 114 Å². The average Bonchev–Trinajstić information content (AvgIpc) is 2.82. The maximum atomic E-state index is 5.90. The Hall–Kier alpha value is -1.45. The summed E-state index contributed by atoms with van der Waals surface area (Å²) in [5.41, 5.74) is 4.18. The summed E-state index contributed by atoms with van der Waals surface area (Å²) < 4.78 is 1.25. The van der Waals surface area contributed by atoms with E-state index in [1.165, 1.54) is 10.1 Å². The van der Waals surface area contributed by atoms with Gasteiger partial charge < -0.3 is 0 Å². The van der Waals surface area contributed by atoms with E-state index in [-0.39, 0.29) is 0 Å². The lowest BCUT2D eigenvalue weighted by Gasteiger charge is -2.03. The van der Waals surface area contributed by atoms with Crippen LogP contribution < -0.4 is 0 Å². The zero-order valence-corrected chi connectivity index (χ0v) is 11.4. The van der Waals surface area contributed by atoms with Crippen molar-refractivity contribution >= 4 is 33.0 Å². The van der Waals surface area contributed by atoms with Crippen LogP contribution in [-0.4, -0.2) is 9.97 Å². The number of benzene rings is 1. The Morgan fingerprint density at radius 1 is 1.22 bits per heavy atom. The highest BCUT2D eigenvalue weighted by Gasteiger charge is 2.10. The minimum Gasteiger partial charge on any atom is -0.258 e. The van der Waals surface area contributed by atoms with Crippen LogP contribution in [0.25, 0.3) is 21.3 Å². The average molecular weight is 275 g/mol. The van der Waals surface area contributed by atoms with Gasteiger partial charge in [-0.15, -0.1) is 22.9 Å². The molecule has 0 fully saturated rings. The molecule has 3 rings (SSSR count). The van der Waals surface area contributed by atoms with Crippen LogP contribution in [0.3, 0.4) is 0 Å². The molecule has 1 aromatic carbocycles. The smallest absolute Gasteiger partial charge is 0.0928 e. The van der Waals surface area contributed by atoms with Gasteiger partial charge in [0.05, 0.1) is 11.4 Å². The van der Waals surface area contributed by atoms with E-state index in [4.69, 9.17) is 11.6 Å². The monoisotopic (exact) mass is 274 g/mol. The number of thiophene rings is 1. The minimum absolute atomic E-state index is 0.532. The van der Waals surface area contributed by atoms with Gasteiger partial charge >= 0.3 is 0 Å². The van der Waals surface area contributed by atoms with E-state index in [1.807, 2.05) is 6.92 Å². The number of aryl methyl sites for hydroxylation is 1. The Morgan fingerprint density at radius 2 is 2.06 bits per heavy atom. The number of aromatic nitrogens is 2. The van der Waals surface area contributed by atoms with Crippen molar-refractivity contribution in [3.8, 4) is 11.3 Å². The predicted molar refractivity (Wildman–Crippen MR) is 77.1 cm³/mol. The van der Waals surface area contributed by atoms with Gasteiger partial charge in [0.15, 0.2) is 0 Å². The summed E-state index contributed by atoms with van der Waals surface area (Å²) in [5.74, 6) is 0.532. The summed E-state index contributed by atoms with van der Waals surface area (Å²) in [6, 6.07) is 6.33. The fourth-order valence-corrected chi connectivity index (χ4v) is 3.11. The molecule has 90 valence electrons. The van der Waals surface area contributed by atoms with Crippen molar-refractivity contribution in [1.82, 2.24) is 9.97 Å². The van der Waals surface area contributed by atoms with Crippen LogP contribution in [0.2, 0.25) is 0 Å². The summed E-state index contributed by atoms with van der Waals surface area (Å²) in [4.78, 5) is 8.74. The van der Waals surface area contributed by atoms with Crippen molar-refractivity contribution in [2.24, 2.45) is 0 Å². The largest absolute Gasteiger partial charge is 0.258 e. The van der Waals surface area contributed by atoms with E-state index in [1.54, 1.807) is 23.7 Å². The van der Waals surface area contributed by atoms with Crippen LogP contribution in [0.1, 0.15) is 11.3 Å². The Kier molecular flexibility index (Phi) is 3.02. The standard InChI is InChI=1S/C14H11ClN2S/c1-9-14(17-5-4-16-9)12-8-18-13-3-2-10(7-15)6-11(12)13/h2-6,8H,7H2,1H3. The molecular weight excluding hydrogens is 264 g/mol. The highest BCUT2D eigenvalue weighted by molar-refractivity contribution is 7.17. The number of rotatable bonds is 2. The number of nitrogens with zero attached hydrogens (tertiary/aromatic N) is 2. The zero-order valence-electron chi connectivity index (χ0n) is 9.85. The quantitative estimate of drug-likeness (QED) is 0.647. The number of fused-ring (bicyclic) bond motifs is 1. The molecule has 2 heterocycles. The summed E-state index contributed by atoms with van der Waals surface area (Å²) in [6.45, 7) is 1.98. The van der Waals surface area contributed by atoms with Crippen LogP contribution >= 0.6 is 22.9 Å². The van der Waals surface area contributed by atoms with Gasteiger partial charge in [0.25, 0.3) is 0 Å². The third kappa shape index (κ3) is 1.89. The van der Waals surface area contributed by atoms with Crippen LogP contribution in [0.15, 0.2) is 36.0 Å². The molecule has 2 aromatic heterocycles. The van der Waals surface area contributed by atoms with Crippen molar-refractivity contribution in [3.63, 3.8) is 0 Å².